The summed E-state index contributed by atoms with van der Waals surface area (Å²) in [5.74, 6) is 1.11. The van der Waals surface area contributed by atoms with Gasteiger partial charge in [-0.05, 0) is 29.2 Å². The summed E-state index contributed by atoms with van der Waals surface area (Å²) in [5.41, 5.74) is 4.33. The molecule has 2 aliphatic rings. The van der Waals surface area contributed by atoms with Gasteiger partial charge in [0.25, 0.3) is 0 Å². The summed E-state index contributed by atoms with van der Waals surface area (Å²) in [6.07, 6.45) is 2.09. The molecule has 0 aromatic heterocycles. The first kappa shape index (κ1) is 24.0. The van der Waals surface area contributed by atoms with E-state index in [4.69, 9.17) is 0 Å². The first-order valence-corrected chi connectivity index (χ1v) is 10.8. The number of guanidine groups is 1. The molecule has 0 aliphatic carbocycles. The molecule has 2 amide bonds. The van der Waals surface area contributed by atoms with Crippen LogP contribution in [0.3, 0.4) is 0 Å². The number of hydrogen-bond acceptors (Lipinski definition) is 3. The Morgan fingerprint density at radius 3 is 2.56 bits per heavy atom. The number of rotatable bonds is 6. The van der Waals surface area contributed by atoms with E-state index >= 15 is 0 Å². The lowest BCUT2D eigenvalue weighted by molar-refractivity contribution is -0.128. The predicted molar refractivity (Wildman–Crippen MR) is 137 cm³/mol. The highest BCUT2D eigenvalue weighted by Crippen LogP contribution is 2.31. The molecule has 2 aromatic carbocycles. The smallest absolute Gasteiger partial charge is 0.225 e. The van der Waals surface area contributed by atoms with Crippen molar-refractivity contribution in [2.45, 2.75) is 38.3 Å². The third-order valence-electron chi connectivity index (χ3n) is 5.87. The maximum Gasteiger partial charge on any atom is 0.225 e. The van der Waals surface area contributed by atoms with Crippen LogP contribution in [0.25, 0.3) is 0 Å². The van der Waals surface area contributed by atoms with Gasteiger partial charge in [0.1, 0.15) is 0 Å². The summed E-state index contributed by atoms with van der Waals surface area (Å²) in [7, 11) is 1.74. The second-order valence-electron chi connectivity index (χ2n) is 8.08. The lowest BCUT2D eigenvalue weighted by Gasteiger charge is -2.26. The number of halogens is 1. The van der Waals surface area contributed by atoms with Crippen LogP contribution in [0.15, 0.2) is 53.5 Å². The molecule has 3 N–H and O–H groups in total. The molecule has 2 heterocycles. The number of carbonyl (C=O) groups excluding carboxylic acids is 2. The van der Waals surface area contributed by atoms with E-state index in [0.29, 0.717) is 38.4 Å². The monoisotopic (exact) mass is 547 g/mol. The average molecular weight is 547 g/mol. The van der Waals surface area contributed by atoms with Crippen LogP contribution in [0.2, 0.25) is 0 Å². The van der Waals surface area contributed by atoms with E-state index in [9.17, 15) is 9.59 Å². The first-order valence-electron chi connectivity index (χ1n) is 10.8. The van der Waals surface area contributed by atoms with Crippen LogP contribution in [-0.4, -0.2) is 42.8 Å². The van der Waals surface area contributed by atoms with Gasteiger partial charge in [-0.15, -0.1) is 24.0 Å². The minimum absolute atomic E-state index is 0. The molecule has 2 aromatic rings. The normalized spacial score (nSPS) is 18.0. The first-order chi connectivity index (χ1) is 15.1. The number of likely N-dealkylation sites (tertiary alicyclic amines) is 1. The lowest BCUT2D eigenvalue weighted by atomic mass is 9.90. The van der Waals surface area contributed by atoms with Crippen LogP contribution in [0.1, 0.15) is 41.9 Å². The second-order valence-corrected chi connectivity index (χ2v) is 8.08. The Bertz CT molecular complexity index is 977. The molecule has 32 heavy (non-hydrogen) atoms. The van der Waals surface area contributed by atoms with E-state index in [1.54, 1.807) is 7.05 Å². The summed E-state index contributed by atoms with van der Waals surface area (Å²) in [4.78, 5) is 30.0. The molecule has 170 valence electrons. The SMILES string of the molecule is CN=C(NCc1ccc(CN2CCCC2=O)cc1)NCC1CC(=O)Nc2ccccc21.I. The zero-order chi connectivity index (χ0) is 21.6. The van der Waals surface area contributed by atoms with E-state index < -0.39 is 0 Å². The molecule has 7 nitrogen and oxygen atoms in total. The Morgan fingerprint density at radius 2 is 1.84 bits per heavy atom. The van der Waals surface area contributed by atoms with E-state index in [0.717, 1.165) is 35.3 Å². The summed E-state index contributed by atoms with van der Waals surface area (Å²) < 4.78 is 0. The molecule has 1 saturated heterocycles. The minimum Gasteiger partial charge on any atom is -0.356 e. The van der Waals surface area contributed by atoms with Crippen LogP contribution in [0, 0.1) is 0 Å². The number of nitrogens with zero attached hydrogens (tertiary/aromatic N) is 2. The summed E-state index contributed by atoms with van der Waals surface area (Å²) >= 11 is 0. The van der Waals surface area contributed by atoms with E-state index in [-0.39, 0.29) is 41.7 Å². The number of carbonyl (C=O) groups is 2. The van der Waals surface area contributed by atoms with Gasteiger partial charge >= 0.3 is 0 Å². The van der Waals surface area contributed by atoms with Crippen LogP contribution in [0.5, 0.6) is 0 Å². The average Bonchev–Trinajstić information content (AvgIpc) is 3.19. The van der Waals surface area contributed by atoms with Crippen molar-refractivity contribution in [3.8, 4) is 0 Å². The number of benzene rings is 2. The lowest BCUT2D eigenvalue weighted by Crippen LogP contribution is -2.40. The quantitative estimate of drug-likeness (QED) is 0.295. The molecule has 8 heteroatoms. The zero-order valence-corrected chi connectivity index (χ0v) is 20.6. The van der Waals surface area contributed by atoms with Crippen molar-refractivity contribution in [2.75, 3.05) is 25.5 Å². The largest absolute Gasteiger partial charge is 0.356 e. The molecule has 0 saturated carbocycles. The van der Waals surface area contributed by atoms with Crippen LogP contribution >= 0.6 is 24.0 Å². The fraction of sp³-hybridized carbons (Fsp3) is 0.375. The highest BCUT2D eigenvalue weighted by Gasteiger charge is 2.24. The topological polar surface area (TPSA) is 85.8 Å². The number of para-hydroxylation sites is 1. The zero-order valence-electron chi connectivity index (χ0n) is 18.3. The molecule has 4 rings (SSSR count). The number of anilines is 1. The Labute approximate surface area is 206 Å². The summed E-state index contributed by atoms with van der Waals surface area (Å²) in [5, 5.41) is 9.62. The third kappa shape index (κ3) is 5.99. The van der Waals surface area contributed by atoms with E-state index in [1.807, 2.05) is 23.1 Å². The van der Waals surface area contributed by atoms with Gasteiger partial charge in [0.05, 0.1) is 0 Å². The molecule has 2 aliphatic heterocycles. The van der Waals surface area contributed by atoms with Crippen molar-refractivity contribution in [1.29, 1.82) is 0 Å². The van der Waals surface area contributed by atoms with Gasteiger partial charge in [0, 0.05) is 57.7 Å². The number of nitrogens with one attached hydrogen (secondary N) is 3. The Kier molecular flexibility index (Phi) is 8.49. The Hall–Kier alpha value is -2.62. The van der Waals surface area contributed by atoms with Crippen LogP contribution in [-0.2, 0) is 22.7 Å². The van der Waals surface area contributed by atoms with Crippen molar-refractivity contribution >= 4 is 47.4 Å². The van der Waals surface area contributed by atoms with E-state index in [2.05, 4.69) is 51.3 Å². The molecule has 1 fully saturated rings. The van der Waals surface area contributed by atoms with Crippen molar-refractivity contribution < 1.29 is 9.59 Å². The summed E-state index contributed by atoms with van der Waals surface area (Å²) in [6.45, 7) is 2.82. The molecule has 0 spiro atoms. The number of hydrogen-bond donors (Lipinski definition) is 3. The van der Waals surface area contributed by atoms with Gasteiger partial charge in [0.15, 0.2) is 5.96 Å². The summed E-state index contributed by atoms with van der Waals surface area (Å²) in [6, 6.07) is 16.3. The number of fused-ring (bicyclic) bond motifs is 1. The van der Waals surface area contributed by atoms with E-state index in [1.165, 1.54) is 0 Å². The third-order valence-corrected chi connectivity index (χ3v) is 5.87. The highest BCUT2D eigenvalue weighted by molar-refractivity contribution is 14.0. The number of amides is 2. The predicted octanol–water partition coefficient (Wildman–Crippen LogP) is 3.22. The highest BCUT2D eigenvalue weighted by atomic mass is 127. The molecule has 0 radical (unpaired) electrons. The Balaban J connectivity index is 0.00000289. The van der Waals surface area contributed by atoms with Gasteiger partial charge in [-0.25, -0.2) is 0 Å². The second kappa shape index (κ2) is 11.3. The molecular formula is C24H30IN5O2. The molecule has 1 unspecified atom stereocenters. The standard InChI is InChI=1S/C24H29N5O2.HI/c1-25-24(27-15-19-13-22(30)28-21-6-3-2-5-20(19)21)26-14-17-8-10-18(11-9-17)16-29-12-4-7-23(29)31;/h2-3,5-6,8-11,19H,4,7,12-16H2,1H3,(H,28,30)(H2,25,26,27);1H. The van der Waals surface area contributed by atoms with Gasteiger partial charge in [-0.3, -0.25) is 14.6 Å². The van der Waals surface area contributed by atoms with Gasteiger partial charge in [0.2, 0.25) is 11.8 Å². The van der Waals surface area contributed by atoms with Crippen molar-refractivity contribution in [3.05, 3.63) is 65.2 Å². The van der Waals surface area contributed by atoms with Crippen LogP contribution in [0.4, 0.5) is 5.69 Å². The maximum absolute atomic E-state index is 12.0. The van der Waals surface area contributed by atoms with Crippen molar-refractivity contribution in [3.63, 3.8) is 0 Å². The van der Waals surface area contributed by atoms with Gasteiger partial charge in [-0.2, -0.15) is 0 Å². The van der Waals surface area contributed by atoms with Crippen molar-refractivity contribution in [1.82, 2.24) is 15.5 Å². The fourth-order valence-corrected chi connectivity index (χ4v) is 4.16. The maximum atomic E-state index is 12.0. The molecular weight excluding hydrogens is 517 g/mol. The van der Waals surface area contributed by atoms with Crippen molar-refractivity contribution in [2.24, 2.45) is 4.99 Å². The number of aliphatic imine (C=N–C) groups is 1. The Morgan fingerprint density at radius 1 is 1.09 bits per heavy atom. The fourth-order valence-electron chi connectivity index (χ4n) is 4.16. The minimum atomic E-state index is 0. The molecule has 0 bridgehead atoms. The molecule has 1 atom stereocenters. The van der Waals surface area contributed by atoms with Gasteiger partial charge in [-0.1, -0.05) is 42.5 Å². The van der Waals surface area contributed by atoms with Gasteiger partial charge < -0.3 is 20.9 Å². The van der Waals surface area contributed by atoms with Crippen LogP contribution < -0.4 is 16.0 Å².